The van der Waals surface area contributed by atoms with Crippen LogP contribution in [0.2, 0.25) is 0 Å². The molecular formula is C10H24N4. The van der Waals surface area contributed by atoms with Crippen molar-refractivity contribution in [3.8, 4) is 0 Å². The molecule has 0 spiro atoms. The summed E-state index contributed by atoms with van der Waals surface area (Å²) in [4.78, 5) is 2.49. The Kier molecular flexibility index (Phi) is 4.81. The van der Waals surface area contributed by atoms with Gasteiger partial charge in [-0.15, -0.1) is 0 Å². The number of nitrogens with one attached hydrogen (secondary N) is 1. The molecule has 0 aromatic rings. The molecule has 3 atom stereocenters. The van der Waals surface area contributed by atoms with Crippen LogP contribution in [0.1, 0.15) is 20.3 Å². The topological polar surface area (TPSA) is 67.3 Å². The first-order valence-corrected chi connectivity index (χ1v) is 5.59. The Labute approximate surface area is 87.0 Å². The third-order valence-electron chi connectivity index (χ3n) is 3.18. The molecule has 0 aliphatic carbocycles. The van der Waals surface area contributed by atoms with E-state index in [0.29, 0.717) is 12.1 Å². The van der Waals surface area contributed by atoms with Gasteiger partial charge in [-0.3, -0.25) is 4.90 Å². The molecule has 1 aliphatic heterocycles. The predicted molar refractivity (Wildman–Crippen MR) is 60.1 cm³/mol. The summed E-state index contributed by atoms with van der Waals surface area (Å²) in [7, 11) is 0. The minimum Gasteiger partial charge on any atom is -0.330 e. The fraction of sp³-hybridized carbons (Fsp3) is 1.00. The molecule has 0 aromatic carbocycles. The molecule has 5 N–H and O–H groups in total. The lowest BCUT2D eigenvalue weighted by molar-refractivity contribution is 0.0985. The van der Waals surface area contributed by atoms with Crippen LogP contribution in [0.15, 0.2) is 0 Å². The van der Waals surface area contributed by atoms with Gasteiger partial charge in [0.15, 0.2) is 0 Å². The van der Waals surface area contributed by atoms with E-state index in [4.69, 9.17) is 11.5 Å². The van der Waals surface area contributed by atoms with Crippen molar-refractivity contribution in [2.24, 2.45) is 11.5 Å². The zero-order chi connectivity index (χ0) is 10.6. The number of nitrogens with zero attached hydrogens (tertiary/aromatic N) is 1. The van der Waals surface area contributed by atoms with E-state index in [1.807, 2.05) is 0 Å². The number of nitrogens with two attached hydrogens (primary N) is 2. The van der Waals surface area contributed by atoms with Crippen molar-refractivity contribution in [3.05, 3.63) is 0 Å². The largest absolute Gasteiger partial charge is 0.330 e. The van der Waals surface area contributed by atoms with Gasteiger partial charge in [0.05, 0.1) is 0 Å². The summed E-state index contributed by atoms with van der Waals surface area (Å²) in [6.45, 7) is 8.25. The summed E-state index contributed by atoms with van der Waals surface area (Å²) >= 11 is 0. The summed E-state index contributed by atoms with van der Waals surface area (Å²) in [5, 5.41) is 3.41. The summed E-state index contributed by atoms with van der Waals surface area (Å²) in [6, 6.07) is 1.25. The Morgan fingerprint density at radius 1 is 1.50 bits per heavy atom. The molecule has 0 bridgehead atoms. The number of hydrogen-bond acceptors (Lipinski definition) is 4. The first-order chi connectivity index (χ1) is 6.66. The van der Waals surface area contributed by atoms with Crippen LogP contribution in [0, 0.1) is 0 Å². The monoisotopic (exact) mass is 200 g/mol. The van der Waals surface area contributed by atoms with Gasteiger partial charge < -0.3 is 16.8 Å². The Morgan fingerprint density at radius 2 is 2.21 bits per heavy atom. The quantitative estimate of drug-likeness (QED) is 0.564. The molecule has 1 aliphatic rings. The fourth-order valence-electron chi connectivity index (χ4n) is 2.08. The maximum absolute atomic E-state index is 5.93. The Morgan fingerprint density at radius 3 is 2.79 bits per heavy atom. The summed E-state index contributed by atoms with van der Waals surface area (Å²) in [5.74, 6) is 0. The average molecular weight is 200 g/mol. The molecule has 0 amide bonds. The van der Waals surface area contributed by atoms with E-state index in [1.165, 1.54) is 0 Å². The van der Waals surface area contributed by atoms with Crippen LogP contribution in [0.4, 0.5) is 0 Å². The predicted octanol–water partition coefficient (Wildman–Crippen LogP) is -0.655. The molecule has 1 saturated heterocycles. The van der Waals surface area contributed by atoms with Gasteiger partial charge in [0, 0.05) is 37.8 Å². The fourth-order valence-corrected chi connectivity index (χ4v) is 2.08. The van der Waals surface area contributed by atoms with Crippen molar-refractivity contribution >= 4 is 0 Å². The SMILES string of the molecule is CC(N)C(C)N1CCNCC1CCN. The highest BCUT2D eigenvalue weighted by molar-refractivity contribution is 4.86. The highest BCUT2D eigenvalue weighted by atomic mass is 15.2. The molecule has 3 unspecified atom stereocenters. The second-order valence-electron chi connectivity index (χ2n) is 4.27. The van der Waals surface area contributed by atoms with Gasteiger partial charge in [-0.2, -0.15) is 0 Å². The number of hydrogen-bond donors (Lipinski definition) is 3. The number of piperazine rings is 1. The lowest BCUT2D eigenvalue weighted by Crippen LogP contribution is -2.58. The summed E-state index contributed by atoms with van der Waals surface area (Å²) < 4.78 is 0. The van der Waals surface area contributed by atoms with Crippen LogP contribution < -0.4 is 16.8 Å². The van der Waals surface area contributed by atoms with Gasteiger partial charge in [-0.25, -0.2) is 0 Å². The lowest BCUT2D eigenvalue weighted by Gasteiger charge is -2.41. The molecule has 4 nitrogen and oxygen atoms in total. The van der Waals surface area contributed by atoms with E-state index < -0.39 is 0 Å². The second kappa shape index (κ2) is 5.66. The van der Waals surface area contributed by atoms with Crippen LogP contribution in [0.25, 0.3) is 0 Å². The molecule has 14 heavy (non-hydrogen) atoms. The van der Waals surface area contributed by atoms with Crippen LogP contribution in [0.5, 0.6) is 0 Å². The average Bonchev–Trinajstić information content (AvgIpc) is 2.18. The van der Waals surface area contributed by atoms with Gasteiger partial charge in [-0.1, -0.05) is 0 Å². The molecule has 1 rings (SSSR count). The highest BCUT2D eigenvalue weighted by Gasteiger charge is 2.27. The molecule has 0 radical (unpaired) electrons. The second-order valence-corrected chi connectivity index (χ2v) is 4.27. The Balaban J connectivity index is 2.52. The van der Waals surface area contributed by atoms with E-state index in [0.717, 1.165) is 32.6 Å². The first-order valence-electron chi connectivity index (χ1n) is 5.59. The third kappa shape index (κ3) is 2.92. The molecule has 1 heterocycles. The van der Waals surface area contributed by atoms with Crippen LogP contribution in [-0.2, 0) is 0 Å². The smallest absolute Gasteiger partial charge is 0.0236 e. The zero-order valence-electron chi connectivity index (χ0n) is 9.37. The minimum absolute atomic E-state index is 0.230. The maximum atomic E-state index is 5.93. The highest BCUT2D eigenvalue weighted by Crippen LogP contribution is 2.12. The van der Waals surface area contributed by atoms with E-state index >= 15 is 0 Å². The lowest BCUT2D eigenvalue weighted by atomic mass is 10.0. The molecule has 0 saturated carbocycles. The Bertz CT molecular complexity index is 158. The molecule has 4 heteroatoms. The molecule has 0 aromatic heterocycles. The van der Waals surface area contributed by atoms with Crippen LogP contribution >= 0.6 is 0 Å². The van der Waals surface area contributed by atoms with Gasteiger partial charge >= 0.3 is 0 Å². The van der Waals surface area contributed by atoms with Gasteiger partial charge in [0.2, 0.25) is 0 Å². The van der Waals surface area contributed by atoms with E-state index in [-0.39, 0.29) is 6.04 Å². The van der Waals surface area contributed by atoms with Crippen molar-refractivity contribution < 1.29 is 0 Å². The van der Waals surface area contributed by atoms with Crippen molar-refractivity contribution in [2.75, 3.05) is 26.2 Å². The maximum Gasteiger partial charge on any atom is 0.0236 e. The van der Waals surface area contributed by atoms with Gasteiger partial charge in [-0.05, 0) is 26.8 Å². The number of rotatable bonds is 4. The summed E-state index contributed by atoms with van der Waals surface area (Å²) in [5.41, 5.74) is 11.5. The van der Waals surface area contributed by atoms with Gasteiger partial charge in [0.1, 0.15) is 0 Å². The van der Waals surface area contributed by atoms with Crippen molar-refractivity contribution in [1.29, 1.82) is 0 Å². The van der Waals surface area contributed by atoms with Crippen LogP contribution in [0.3, 0.4) is 0 Å². The first kappa shape index (κ1) is 11.9. The molecule has 84 valence electrons. The standard InChI is InChI=1S/C10H24N4/c1-8(12)9(2)14-6-5-13-7-10(14)3-4-11/h8-10,13H,3-7,11-12H2,1-2H3. The molecular weight excluding hydrogens is 176 g/mol. The minimum atomic E-state index is 0.230. The molecule has 1 fully saturated rings. The van der Waals surface area contributed by atoms with Crippen molar-refractivity contribution in [3.63, 3.8) is 0 Å². The normalized spacial score (nSPS) is 28.7. The Hall–Kier alpha value is -0.160. The van der Waals surface area contributed by atoms with E-state index in [9.17, 15) is 0 Å². The van der Waals surface area contributed by atoms with E-state index in [2.05, 4.69) is 24.1 Å². The third-order valence-corrected chi connectivity index (χ3v) is 3.18. The zero-order valence-corrected chi connectivity index (χ0v) is 9.37. The summed E-state index contributed by atoms with van der Waals surface area (Å²) in [6.07, 6.45) is 1.06. The van der Waals surface area contributed by atoms with Crippen molar-refractivity contribution in [2.45, 2.75) is 38.4 Å². The van der Waals surface area contributed by atoms with Gasteiger partial charge in [0.25, 0.3) is 0 Å². The van der Waals surface area contributed by atoms with E-state index in [1.54, 1.807) is 0 Å². The van der Waals surface area contributed by atoms with Crippen LogP contribution in [-0.4, -0.2) is 49.2 Å². The van der Waals surface area contributed by atoms with Crippen molar-refractivity contribution in [1.82, 2.24) is 10.2 Å².